The van der Waals surface area contributed by atoms with E-state index in [9.17, 15) is 4.79 Å². The van der Waals surface area contributed by atoms with Crippen LogP contribution in [0, 0.1) is 0 Å². The van der Waals surface area contributed by atoms with E-state index in [2.05, 4.69) is 11.0 Å². The third kappa shape index (κ3) is 3.27. The van der Waals surface area contributed by atoms with Gasteiger partial charge in [-0.25, -0.2) is 4.79 Å². The van der Waals surface area contributed by atoms with Gasteiger partial charge in [0.2, 0.25) is 6.79 Å². The van der Waals surface area contributed by atoms with Crippen LogP contribution in [-0.2, 0) is 11.3 Å². The number of hydrogen-bond donors (Lipinski definition) is 0. The number of ether oxygens (including phenoxy) is 3. The third-order valence-corrected chi connectivity index (χ3v) is 4.77. The maximum absolute atomic E-state index is 12.5. The van der Waals surface area contributed by atoms with E-state index in [1.807, 2.05) is 21.9 Å². The second-order valence-corrected chi connectivity index (χ2v) is 6.33. The zero-order chi connectivity index (χ0) is 16.4. The Morgan fingerprint density at radius 3 is 2.42 bits per heavy atom. The van der Waals surface area contributed by atoms with Crippen molar-refractivity contribution in [2.75, 3.05) is 59.3 Å². The Hall–Kier alpha value is -1.99. The summed E-state index contributed by atoms with van der Waals surface area (Å²) in [5.74, 6) is 1.65. The summed E-state index contributed by atoms with van der Waals surface area (Å²) < 4.78 is 16.1. The number of morpholine rings is 1. The fourth-order valence-corrected chi connectivity index (χ4v) is 3.35. The van der Waals surface area contributed by atoms with Crippen molar-refractivity contribution >= 4 is 6.03 Å². The van der Waals surface area contributed by atoms with Crippen molar-refractivity contribution < 1.29 is 19.0 Å². The zero-order valence-corrected chi connectivity index (χ0v) is 13.8. The quantitative estimate of drug-likeness (QED) is 0.808. The summed E-state index contributed by atoms with van der Waals surface area (Å²) >= 11 is 0. The van der Waals surface area contributed by atoms with Crippen LogP contribution in [0.4, 0.5) is 4.79 Å². The Kier molecular flexibility index (Phi) is 4.44. The van der Waals surface area contributed by atoms with Crippen LogP contribution in [0.15, 0.2) is 18.2 Å². The van der Waals surface area contributed by atoms with Crippen LogP contribution in [0.2, 0.25) is 0 Å². The summed E-state index contributed by atoms with van der Waals surface area (Å²) in [5, 5.41) is 0. The van der Waals surface area contributed by atoms with Gasteiger partial charge in [-0.15, -0.1) is 0 Å². The first-order chi connectivity index (χ1) is 11.8. The molecule has 24 heavy (non-hydrogen) atoms. The summed E-state index contributed by atoms with van der Waals surface area (Å²) in [4.78, 5) is 18.7. The fourth-order valence-electron chi connectivity index (χ4n) is 3.35. The molecule has 0 unspecified atom stereocenters. The Morgan fingerprint density at radius 2 is 1.62 bits per heavy atom. The molecule has 0 saturated carbocycles. The molecule has 0 radical (unpaired) electrons. The first-order valence-electron chi connectivity index (χ1n) is 8.52. The molecule has 1 aromatic carbocycles. The van der Waals surface area contributed by atoms with Crippen LogP contribution in [0.5, 0.6) is 11.5 Å². The molecule has 7 nitrogen and oxygen atoms in total. The molecule has 130 valence electrons. The van der Waals surface area contributed by atoms with E-state index in [1.54, 1.807) is 0 Å². The summed E-state index contributed by atoms with van der Waals surface area (Å²) in [6.45, 7) is 7.23. The van der Waals surface area contributed by atoms with Gasteiger partial charge in [-0.3, -0.25) is 4.90 Å². The van der Waals surface area contributed by atoms with Gasteiger partial charge in [-0.1, -0.05) is 6.07 Å². The number of benzene rings is 1. The largest absolute Gasteiger partial charge is 0.454 e. The minimum absolute atomic E-state index is 0.154. The van der Waals surface area contributed by atoms with Crippen LogP contribution in [0.25, 0.3) is 0 Å². The van der Waals surface area contributed by atoms with Gasteiger partial charge in [-0.05, 0) is 17.7 Å². The van der Waals surface area contributed by atoms with Crippen LogP contribution >= 0.6 is 0 Å². The lowest BCUT2D eigenvalue weighted by atomic mass is 10.1. The third-order valence-electron chi connectivity index (χ3n) is 4.77. The van der Waals surface area contributed by atoms with Gasteiger partial charge in [0.25, 0.3) is 0 Å². The van der Waals surface area contributed by atoms with E-state index in [4.69, 9.17) is 14.2 Å². The lowest BCUT2D eigenvalue weighted by Crippen LogP contribution is -2.54. The average molecular weight is 333 g/mol. The number of hydrogen-bond acceptors (Lipinski definition) is 5. The van der Waals surface area contributed by atoms with Crippen molar-refractivity contribution in [3.8, 4) is 11.5 Å². The van der Waals surface area contributed by atoms with Gasteiger partial charge in [0.05, 0.1) is 13.2 Å². The molecule has 4 rings (SSSR count). The first-order valence-corrected chi connectivity index (χ1v) is 8.52. The maximum atomic E-state index is 12.5. The van der Waals surface area contributed by atoms with Gasteiger partial charge >= 0.3 is 6.03 Å². The molecule has 2 amide bonds. The smallest absolute Gasteiger partial charge is 0.320 e. The lowest BCUT2D eigenvalue weighted by molar-refractivity contribution is 0.0373. The highest BCUT2D eigenvalue weighted by molar-refractivity contribution is 5.74. The molecule has 2 fully saturated rings. The number of nitrogens with zero attached hydrogens (tertiary/aromatic N) is 3. The Balaban J connectivity index is 1.29. The number of fused-ring (bicyclic) bond motifs is 1. The lowest BCUT2D eigenvalue weighted by Gasteiger charge is -2.38. The molecule has 0 N–H and O–H groups in total. The molecular formula is C17H23N3O4. The molecule has 2 saturated heterocycles. The fraction of sp³-hybridized carbons (Fsp3) is 0.588. The number of rotatable bonds is 2. The molecule has 3 aliphatic rings. The minimum Gasteiger partial charge on any atom is -0.454 e. The van der Waals surface area contributed by atoms with Gasteiger partial charge in [0.15, 0.2) is 11.5 Å². The summed E-state index contributed by atoms with van der Waals surface area (Å²) in [6, 6.07) is 6.25. The van der Waals surface area contributed by atoms with E-state index in [1.165, 1.54) is 5.56 Å². The maximum Gasteiger partial charge on any atom is 0.320 e. The molecule has 0 spiro atoms. The summed E-state index contributed by atoms with van der Waals surface area (Å²) in [7, 11) is 0. The van der Waals surface area contributed by atoms with E-state index in [-0.39, 0.29) is 6.03 Å². The standard InChI is InChI=1S/C17H23N3O4/c21-17(20-7-9-22-10-8-20)19-5-3-18(4-6-19)12-14-1-2-15-16(11-14)24-13-23-15/h1-2,11H,3-10,12-13H2. The van der Waals surface area contributed by atoms with Gasteiger partial charge < -0.3 is 24.0 Å². The van der Waals surface area contributed by atoms with Crippen molar-refractivity contribution in [1.82, 2.24) is 14.7 Å². The first kappa shape index (κ1) is 15.5. The summed E-state index contributed by atoms with van der Waals surface area (Å²) in [5.41, 5.74) is 1.22. The Labute approximate surface area is 141 Å². The molecule has 0 atom stereocenters. The Morgan fingerprint density at radius 1 is 0.917 bits per heavy atom. The highest BCUT2D eigenvalue weighted by Gasteiger charge is 2.26. The van der Waals surface area contributed by atoms with E-state index >= 15 is 0 Å². The minimum atomic E-state index is 0.154. The number of amides is 2. The SMILES string of the molecule is O=C(N1CCOCC1)N1CCN(Cc2ccc3c(c2)OCO3)CC1. The van der Waals surface area contributed by atoms with Crippen molar-refractivity contribution in [1.29, 1.82) is 0 Å². The highest BCUT2D eigenvalue weighted by Crippen LogP contribution is 2.32. The Bertz CT molecular complexity index is 595. The van der Waals surface area contributed by atoms with Crippen LogP contribution in [0.3, 0.4) is 0 Å². The van der Waals surface area contributed by atoms with E-state index in [0.717, 1.165) is 44.2 Å². The second kappa shape index (κ2) is 6.86. The van der Waals surface area contributed by atoms with Crippen LogP contribution in [-0.4, -0.2) is 80.0 Å². The van der Waals surface area contributed by atoms with Gasteiger partial charge in [0.1, 0.15) is 0 Å². The molecular weight excluding hydrogens is 310 g/mol. The predicted octanol–water partition coefficient (Wildman–Crippen LogP) is 0.985. The van der Waals surface area contributed by atoms with E-state index in [0.29, 0.717) is 33.1 Å². The summed E-state index contributed by atoms with van der Waals surface area (Å²) in [6.07, 6.45) is 0. The van der Waals surface area contributed by atoms with Gasteiger partial charge in [-0.2, -0.15) is 0 Å². The van der Waals surface area contributed by atoms with E-state index < -0.39 is 0 Å². The molecule has 3 heterocycles. The predicted molar refractivity (Wildman–Crippen MR) is 87.2 cm³/mol. The number of carbonyl (C=O) groups is 1. The van der Waals surface area contributed by atoms with Crippen LogP contribution in [0.1, 0.15) is 5.56 Å². The molecule has 3 aliphatic heterocycles. The topological polar surface area (TPSA) is 54.5 Å². The van der Waals surface area contributed by atoms with Crippen molar-refractivity contribution in [3.63, 3.8) is 0 Å². The zero-order valence-electron chi connectivity index (χ0n) is 13.8. The monoisotopic (exact) mass is 333 g/mol. The average Bonchev–Trinajstić information content (AvgIpc) is 3.10. The number of piperazine rings is 1. The van der Waals surface area contributed by atoms with Crippen molar-refractivity contribution in [3.05, 3.63) is 23.8 Å². The van der Waals surface area contributed by atoms with Crippen LogP contribution < -0.4 is 9.47 Å². The highest BCUT2D eigenvalue weighted by atomic mass is 16.7. The number of urea groups is 1. The number of carbonyl (C=O) groups excluding carboxylic acids is 1. The molecule has 0 aliphatic carbocycles. The molecule has 0 bridgehead atoms. The normalized spacial score (nSPS) is 21.2. The van der Waals surface area contributed by atoms with Gasteiger partial charge in [0, 0.05) is 45.8 Å². The van der Waals surface area contributed by atoms with Crippen molar-refractivity contribution in [2.45, 2.75) is 6.54 Å². The molecule has 1 aromatic rings. The molecule has 7 heteroatoms. The second-order valence-electron chi connectivity index (χ2n) is 6.33. The molecule has 0 aromatic heterocycles. The van der Waals surface area contributed by atoms with Crippen molar-refractivity contribution in [2.24, 2.45) is 0 Å².